The zero-order valence-electron chi connectivity index (χ0n) is 10.4. The Morgan fingerprint density at radius 1 is 1.20 bits per heavy atom. The highest BCUT2D eigenvalue weighted by Gasteiger charge is 2.34. The predicted molar refractivity (Wildman–Crippen MR) is 66.3 cm³/mol. The van der Waals surface area contributed by atoms with E-state index in [4.69, 9.17) is 5.73 Å². The first-order valence-corrected chi connectivity index (χ1v) is 5.89. The topological polar surface area (TPSA) is 38.9 Å². The first-order valence-electron chi connectivity index (χ1n) is 5.89. The molecule has 0 amide bonds. The number of aromatic nitrogens is 1. The summed E-state index contributed by atoms with van der Waals surface area (Å²) in [6, 6.07) is 5.62. The van der Waals surface area contributed by atoms with Gasteiger partial charge in [-0.3, -0.25) is 4.98 Å². The van der Waals surface area contributed by atoms with E-state index in [1.807, 2.05) is 0 Å². The number of nitrogens with zero attached hydrogens (tertiary/aromatic N) is 1. The lowest BCUT2D eigenvalue weighted by atomic mass is 9.97. The van der Waals surface area contributed by atoms with Crippen molar-refractivity contribution in [2.75, 3.05) is 0 Å². The van der Waals surface area contributed by atoms with Crippen LogP contribution in [0.25, 0.3) is 0 Å². The van der Waals surface area contributed by atoms with Crippen LogP contribution in [0.3, 0.4) is 0 Å². The highest BCUT2D eigenvalue weighted by atomic mass is 19.4. The van der Waals surface area contributed by atoms with Crippen molar-refractivity contribution in [1.82, 2.24) is 4.98 Å². The molecule has 106 valence electrons. The Morgan fingerprint density at radius 3 is 2.60 bits per heavy atom. The summed E-state index contributed by atoms with van der Waals surface area (Å²) in [7, 11) is 0. The molecule has 0 saturated heterocycles. The van der Waals surface area contributed by atoms with Crippen LogP contribution in [-0.4, -0.2) is 4.98 Å². The van der Waals surface area contributed by atoms with E-state index in [2.05, 4.69) is 4.98 Å². The van der Waals surface area contributed by atoms with Gasteiger partial charge in [-0.1, -0.05) is 12.1 Å². The molecule has 2 rings (SSSR count). The fourth-order valence-electron chi connectivity index (χ4n) is 1.99. The van der Waals surface area contributed by atoms with E-state index in [9.17, 15) is 17.6 Å². The number of hydrogen-bond acceptors (Lipinski definition) is 2. The standard InChI is InChI=1S/C14H12F4N2/c15-10-3-1-2-9(6-10)7-13(19)11-8-20-5-4-12(11)14(16,17)18/h1-6,8,13H,7,19H2. The highest BCUT2D eigenvalue weighted by Crippen LogP contribution is 2.34. The number of rotatable bonds is 3. The Hall–Kier alpha value is -1.95. The van der Waals surface area contributed by atoms with E-state index in [0.29, 0.717) is 5.56 Å². The van der Waals surface area contributed by atoms with Gasteiger partial charge in [0, 0.05) is 18.4 Å². The Bertz CT molecular complexity index is 596. The Labute approximate surface area is 113 Å². The summed E-state index contributed by atoms with van der Waals surface area (Å²) in [5, 5.41) is 0. The maximum Gasteiger partial charge on any atom is 0.416 e. The number of benzene rings is 1. The van der Waals surface area contributed by atoms with Crippen LogP contribution < -0.4 is 5.73 Å². The SMILES string of the molecule is NC(Cc1cccc(F)c1)c1cnccc1C(F)(F)F. The molecule has 0 aliphatic rings. The minimum atomic E-state index is -4.49. The molecule has 0 spiro atoms. The zero-order valence-corrected chi connectivity index (χ0v) is 10.4. The van der Waals surface area contributed by atoms with Crippen molar-refractivity contribution >= 4 is 0 Å². The average molecular weight is 284 g/mol. The number of hydrogen-bond donors (Lipinski definition) is 1. The van der Waals surface area contributed by atoms with E-state index < -0.39 is 23.6 Å². The van der Waals surface area contributed by atoms with E-state index in [1.165, 1.54) is 18.2 Å². The minimum Gasteiger partial charge on any atom is -0.324 e. The van der Waals surface area contributed by atoms with E-state index >= 15 is 0 Å². The van der Waals surface area contributed by atoms with Crippen molar-refractivity contribution in [3.63, 3.8) is 0 Å². The van der Waals surface area contributed by atoms with Gasteiger partial charge in [-0.15, -0.1) is 0 Å². The molecule has 2 nitrogen and oxygen atoms in total. The van der Waals surface area contributed by atoms with Crippen molar-refractivity contribution in [2.45, 2.75) is 18.6 Å². The molecular formula is C14H12F4N2. The summed E-state index contributed by atoms with van der Waals surface area (Å²) in [6.45, 7) is 0. The van der Waals surface area contributed by atoms with Gasteiger partial charge >= 0.3 is 6.18 Å². The molecule has 1 aromatic carbocycles. The van der Waals surface area contributed by atoms with Crippen LogP contribution in [-0.2, 0) is 12.6 Å². The van der Waals surface area contributed by atoms with Gasteiger partial charge in [-0.25, -0.2) is 4.39 Å². The molecule has 1 unspecified atom stereocenters. The van der Waals surface area contributed by atoms with Gasteiger partial charge in [-0.2, -0.15) is 13.2 Å². The summed E-state index contributed by atoms with van der Waals surface area (Å²) in [5.74, 6) is -0.447. The van der Waals surface area contributed by atoms with Crippen molar-refractivity contribution in [1.29, 1.82) is 0 Å². The third kappa shape index (κ3) is 3.33. The second-order valence-corrected chi connectivity index (χ2v) is 4.40. The molecule has 0 fully saturated rings. The van der Waals surface area contributed by atoms with Gasteiger partial charge < -0.3 is 5.73 Å². The fraction of sp³-hybridized carbons (Fsp3) is 0.214. The van der Waals surface area contributed by atoms with Crippen molar-refractivity contribution in [2.24, 2.45) is 5.73 Å². The lowest BCUT2D eigenvalue weighted by molar-refractivity contribution is -0.138. The Morgan fingerprint density at radius 2 is 1.95 bits per heavy atom. The van der Waals surface area contributed by atoms with Gasteiger partial charge in [0.15, 0.2) is 0 Å². The molecule has 0 radical (unpaired) electrons. The molecule has 0 aliphatic carbocycles. The maximum absolute atomic E-state index is 13.1. The third-order valence-corrected chi connectivity index (χ3v) is 2.90. The lowest BCUT2D eigenvalue weighted by Gasteiger charge is -2.17. The first-order chi connectivity index (χ1) is 9.38. The summed E-state index contributed by atoms with van der Waals surface area (Å²) in [5.41, 5.74) is 5.45. The molecule has 2 N–H and O–H groups in total. The lowest BCUT2D eigenvalue weighted by Crippen LogP contribution is -2.19. The summed E-state index contributed by atoms with van der Waals surface area (Å²) in [6.07, 6.45) is -2.21. The normalized spacial score (nSPS) is 13.2. The summed E-state index contributed by atoms with van der Waals surface area (Å²) in [4.78, 5) is 3.69. The molecule has 1 atom stereocenters. The minimum absolute atomic E-state index is 0.0933. The smallest absolute Gasteiger partial charge is 0.324 e. The van der Waals surface area contributed by atoms with E-state index in [1.54, 1.807) is 6.07 Å². The van der Waals surface area contributed by atoms with Crippen LogP contribution in [0.15, 0.2) is 42.7 Å². The largest absolute Gasteiger partial charge is 0.416 e. The van der Waals surface area contributed by atoms with Crippen LogP contribution in [0, 0.1) is 5.82 Å². The first kappa shape index (κ1) is 14.5. The number of halogens is 4. The fourth-order valence-corrected chi connectivity index (χ4v) is 1.99. The Kier molecular flexibility index (Phi) is 4.04. The van der Waals surface area contributed by atoms with Crippen LogP contribution in [0.2, 0.25) is 0 Å². The number of nitrogens with two attached hydrogens (primary N) is 1. The average Bonchev–Trinajstić information content (AvgIpc) is 2.37. The third-order valence-electron chi connectivity index (χ3n) is 2.90. The molecule has 1 aromatic heterocycles. The van der Waals surface area contributed by atoms with Gasteiger partial charge in [0.25, 0.3) is 0 Å². The van der Waals surface area contributed by atoms with Crippen LogP contribution in [0.4, 0.5) is 17.6 Å². The highest BCUT2D eigenvalue weighted by molar-refractivity contribution is 5.31. The number of pyridine rings is 1. The van der Waals surface area contributed by atoms with Gasteiger partial charge in [0.05, 0.1) is 5.56 Å². The predicted octanol–water partition coefficient (Wildman–Crippen LogP) is 3.48. The Balaban J connectivity index is 2.28. The van der Waals surface area contributed by atoms with E-state index in [0.717, 1.165) is 18.5 Å². The monoisotopic (exact) mass is 284 g/mol. The van der Waals surface area contributed by atoms with E-state index in [-0.39, 0.29) is 12.0 Å². The molecule has 0 bridgehead atoms. The van der Waals surface area contributed by atoms with Crippen LogP contribution in [0.1, 0.15) is 22.7 Å². The molecule has 1 heterocycles. The molecule has 20 heavy (non-hydrogen) atoms. The van der Waals surface area contributed by atoms with Gasteiger partial charge in [0.1, 0.15) is 5.82 Å². The molecule has 0 aliphatic heterocycles. The zero-order chi connectivity index (χ0) is 14.8. The molecule has 0 saturated carbocycles. The van der Waals surface area contributed by atoms with Crippen LogP contribution in [0.5, 0.6) is 0 Å². The summed E-state index contributed by atoms with van der Waals surface area (Å²) >= 11 is 0. The second kappa shape index (κ2) is 5.58. The number of alkyl halides is 3. The maximum atomic E-state index is 13.1. The van der Waals surface area contributed by atoms with Crippen molar-refractivity contribution in [3.8, 4) is 0 Å². The quantitative estimate of drug-likeness (QED) is 0.876. The van der Waals surface area contributed by atoms with Gasteiger partial charge in [-0.05, 0) is 35.7 Å². The molecule has 2 aromatic rings. The second-order valence-electron chi connectivity index (χ2n) is 4.40. The molecular weight excluding hydrogens is 272 g/mol. The summed E-state index contributed by atoms with van der Waals surface area (Å²) < 4.78 is 51.7. The molecule has 6 heteroatoms. The van der Waals surface area contributed by atoms with Crippen LogP contribution >= 0.6 is 0 Å². The van der Waals surface area contributed by atoms with Crippen molar-refractivity contribution in [3.05, 3.63) is 65.2 Å². The van der Waals surface area contributed by atoms with Gasteiger partial charge in [0.2, 0.25) is 0 Å². The van der Waals surface area contributed by atoms with Crippen molar-refractivity contribution < 1.29 is 17.6 Å².